The van der Waals surface area contributed by atoms with Gasteiger partial charge in [0.05, 0.1) is 14.2 Å². The molecule has 0 spiro atoms. The highest BCUT2D eigenvalue weighted by atomic mass is 16.5. The molecule has 0 atom stereocenters. The van der Waals surface area contributed by atoms with Gasteiger partial charge in [-0.2, -0.15) is 0 Å². The van der Waals surface area contributed by atoms with Crippen LogP contribution in [0.5, 0.6) is 11.5 Å². The van der Waals surface area contributed by atoms with Gasteiger partial charge in [0.2, 0.25) is 5.91 Å². The number of ether oxygens (including phenoxy) is 2. The minimum Gasteiger partial charge on any atom is -0.493 e. The van der Waals surface area contributed by atoms with Crippen LogP contribution in [0.4, 0.5) is 5.69 Å². The first-order valence-corrected chi connectivity index (χ1v) is 7.20. The summed E-state index contributed by atoms with van der Waals surface area (Å²) in [5.41, 5.74) is 3.08. The van der Waals surface area contributed by atoms with Gasteiger partial charge in [-0.3, -0.25) is 4.79 Å². The molecule has 0 unspecified atom stereocenters. The molecule has 116 valence electrons. The Bertz CT molecular complexity index is 635. The summed E-state index contributed by atoms with van der Waals surface area (Å²) in [5.74, 6) is 1.21. The van der Waals surface area contributed by atoms with Crippen LogP contribution in [0.2, 0.25) is 0 Å². The average Bonchev–Trinajstić information content (AvgIpc) is 2.54. The highest BCUT2D eigenvalue weighted by molar-refractivity contribution is 5.91. The molecule has 4 nitrogen and oxygen atoms in total. The zero-order chi connectivity index (χ0) is 15.9. The van der Waals surface area contributed by atoms with E-state index in [9.17, 15) is 4.79 Å². The summed E-state index contributed by atoms with van der Waals surface area (Å²) in [6.45, 7) is 2.05. The zero-order valence-corrected chi connectivity index (χ0v) is 13.2. The number of amides is 1. The van der Waals surface area contributed by atoms with Gasteiger partial charge in [0.1, 0.15) is 0 Å². The fourth-order valence-electron chi connectivity index (χ4n) is 2.15. The Morgan fingerprint density at radius 3 is 2.32 bits per heavy atom. The lowest BCUT2D eigenvalue weighted by molar-refractivity contribution is -0.116. The predicted molar refractivity (Wildman–Crippen MR) is 87.7 cm³/mol. The third-order valence-corrected chi connectivity index (χ3v) is 3.43. The van der Waals surface area contributed by atoms with Crippen molar-refractivity contribution in [2.24, 2.45) is 0 Å². The Kier molecular flexibility index (Phi) is 5.42. The zero-order valence-electron chi connectivity index (χ0n) is 13.2. The van der Waals surface area contributed by atoms with Crippen LogP contribution >= 0.6 is 0 Å². The monoisotopic (exact) mass is 299 g/mol. The second-order valence-electron chi connectivity index (χ2n) is 5.10. The van der Waals surface area contributed by atoms with Crippen molar-refractivity contribution in [3.05, 3.63) is 53.6 Å². The number of hydrogen-bond donors (Lipinski definition) is 1. The number of anilines is 1. The molecule has 4 heteroatoms. The van der Waals surface area contributed by atoms with Gasteiger partial charge in [-0.05, 0) is 31.0 Å². The molecule has 0 saturated carbocycles. The van der Waals surface area contributed by atoms with Crippen LogP contribution in [0.3, 0.4) is 0 Å². The lowest BCUT2D eigenvalue weighted by atomic mass is 10.1. The third kappa shape index (κ3) is 4.25. The smallest absolute Gasteiger partial charge is 0.224 e. The Labute approximate surface area is 131 Å². The van der Waals surface area contributed by atoms with Crippen molar-refractivity contribution in [1.82, 2.24) is 0 Å². The van der Waals surface area contributed by atoms with Crippen molar-refractivity contribution in [2.75, 3.05) is 19.5 Å². The molecule has 1 N–H and O–H groups in total. The molecule has 0 radical (unpaired) electrons. The van der Waals surface area contributed by atoms with Crippen LogP contribution in [0, 0.1) is 6.92 Å². The molecular formula is C18H21NO3. The number of benzene rings is 2. The van der Waals surface area contributed by atoms with E-state index >= 15 is 0 Å². The van der Waals surface area contributed by atoms with Gasteiger partial charge < -0.3 is 14.8 Å². The van der Waals surface area contributed by atoms with Gasteiger partial charge in [0.15, 0.2) is 11.5 Å². The lowest BCUT2D eigenvalue weighted by Gasteiger charge is -2.10. The van der Waals surface area contributed by atoms with E-state index in [1.54, 1.807) is 32.4 Å². The van der Waals surface area contributed by atoms with Crippen molar-refractivity contribution >= 4 is 11.6 Å². The van der Waals surface area contributed by atoms with Gasteiger partial charge in [-0.25, -0.2) is 0 Å². The van der Waals surface area contributed by atoms with Crippen LogP contribution in [0.15, 0.2) is 42.5 Å². The molecule has 0 fully saturated rings. The van der Waals surface area contributed by atoms with Gasteiger partial charge in [-0.1, -0.05) is 29.8 Å². The lowest BCUT2D eigenvalue weighted by Crippen LogP contribution is -2.12. The van der Waals surface area contributed by atoms with E-state index in [0.717, 1.165) is 12.0 Å². The molecule has 1 amide bonds. The van der Waals surface area contributed by atoms with Crippen molar-refractivity contribution in [1.29, 1.82) is 0 Å². The van der Waals surface area contributed by atoms with Crippen LogP contribution in [0.25, 0.3) is 0 Å². The Balaban J connectivity index is 1.93. The Morgan fingerprint density at radius 1 is 1.00 bits per heavy atom. The van der Waals surface area contributed by atoms with Crippen LogP contribution in [0.1, 0.15) is 17.5 Å². The molecular weight excluding hydrogens is 278 g/mol. The van der Waals surface area contributed by atoms with Gasteiger partial charge in [0, 0.05) is 18.2 Å². The van der Waals surface area contributed by atoms with Crippen LogP contribution < -0.4 is 14.8 Å². The highest BCUT2D eigenvalue weighted by Gasteiger charge is 2.07. The number of methoxy groups -OCH3 is 2. The first kappa shape index (κ1) is 15.9. The Hall–Kier alpha value is -2.49. The van der Waals surface area contributed by atoms with Gasteiger partial charge >= 0.3 is 0 Å². The minimum absolute atomic E-state index is 0.0206. The van der Waals surface area contributed by atoms with Gasteiger partial charge in [-0.15, -0.1) is 0 Å². The predicted octanol–water partition coefficient (Wildman–Crippen LogP) is 3.58. The fourth-order valence-corrected chi connectivity index (χ4v) is 2.15. The maximum atomic E-state index is 12.0. The molecule has 0 heterocycles. The quantitative estimate of drug-likeness (QED) is 0.887. The molecule has 0 aliphatic rings. The van der Waals surface area contributed by atoms with Crippen molar-refractivity contribution in [2.45, 2.75) is 19.8 Å². The van der Waals surface area contributed by atoms with Crippen molar-refractivity contribution in [3.8, 4) is 11.5 Å². The van der Waals surface area contributed by atoms with E-state index in [0.29, 0.717) is 23.6 Å². The largest absolute Gasteiger partial charge is 0.493 e. The summed E-state index contributed by atoms with van der Waals surface area (Å²) in [5, 5.41) is 2.88. The van der Waals surface area contributed by atoms with E-state index in [2.05, 4.69) is 29.6 Å². The molecule has 0 saturated heterocycles. The number of hydrogen-bond acceptors (Lipinski definition) is 3. The van der Waals surface area contributed by atoms with Crippen LogP contribution in [-0.2, 0) is 11.2 Å². The van der Waals surface area contributed by atoms with Crippen molar-refractivity contribution in [3.63, 3.8) is 0 Å². The highest BCUT2D eigenvalue weighted by Crippen LogP contribution is 2.29. The average molecular weight is 299 g/mol. The topological polar surface area (TPSA) is 47.6 Å². The van der Waals surface area contributed by atoms with E-state index in [-0.39, 0.29) is 5.91 Å². The summed E-state index contributed by atoms with van der Waals surface area (Å²) >= 11 is 0. The summed E-state index contributed by atoms with van der Waals surface area (Å²) < 4.78 is 10.4. The molecule has 2 aromatic carbocycles. The number of nitrogens with one attached hydrogen (secondary N) is 1. The molecule has 0 aliphatic heterocycles. The standard InChI is InChI=1S/C18H21NO3/c1-13-4-6-14(7-5-13)8-11-18(20)19-15-9-10-16(21-2)17(12-15)22-3/h4-7,9-10,12H,8,11H2,1-3H3,(H,19,20). The van der Waals surface area contributed by atoms with Crippen molar-refractivity contribution < 1.29 is 14.3 Å². The third-order valence-electron chi connectivity index (χ3n) is 3.43. The second kappa shape index (κ2) is 7.50. The number of carbonyl (C=O) groups excluding carboxylic acids is 1. The van der Waals surface area contributed by atoms with E-state index in [1.165, 1.54) is 5.56 Å². The molecule has 0 bridgehead atoms. The summed E-state index contributed by atoms with van der Waals surface area (Å²) in [7, 11) is 3.15. The number of aryl methyl sites for hydroxylation is 2. The second-order valence-corrected chi connectivity index (χ2v) is 5.10. The minimum atomic E-state index is -0.0206. The summed E-state index contributed by atoms with van der Waals surface area (Å²) in [6.07, 6.45) is 1.16. The van der Waals surface area contributed by atoms with Gasteiger partial charge in [0.25, 0.3) is 0 Å². The molecule has 22 heavy (non-hydrogen) atoms. The number of rotatable bonds is 6. The molecule has 2 aromatic rings. The first-order chi connectivity index (χ1) is 10.6. The normalized spacial score (nSPS) is 10.1. The Morgan fingerprint density at radius 2 is 1.68 bits per heavy atom. The summed E-state index contributed by atoms with van der Waals surface area (Å²) in [6, 6.07) is 13.5. The van der Waals surface area contributed by atoms with E-state index in [1.807, 2.05) is 6.92 Å². The first-order valence-electron chi connectivity index (χ1n) is 7.20. The maximum absolute atomic E-state index is 12.0. The number of carbonyl (C=O) groups is 1. The molecule has 2 rings (SSSR count). The SMILES string of the molecule is COc1ccc(NC(=O)CCc2ccc(C)cc2)cc1OC. The molecule has 0 aromatic heterocycles. The van der Waals surface area contributed by atoms with E-state index < -0.39 is 0 Å². The van der Waals surface area contributed by atoms with E-state index in [4.69, 9.17) is 9.47 Å². The fraction of sp³-hybridized carbons (Fsp3) is 0.278. The summed E-state index contributed by atoms with van der Waals surface area (Å²) in [4.78, 5) is 12.0. The maximum Gasteiger partial charge on any atom is 0.224 e. The molecule has 0 aliphatic carbocycles. The van der Waals surface area contributed by atoms with Crippen LogP contribution in [-0.4, -0.2) is 20.1 Å².